The lowest BCUT2D eigenvalue weighted by Crippen LogP contribution is -2.05. The van der Waals surface area contributed by atoms with Crippen LogP contribution in [0.2, 0.25) is 0 Å². The van der Waals surface area contributed by atoms with E-state index in [-0.39, 0.29) is 16.7 Å². The van der Waals surface area contributed by atoms with Crippen LogP contribution in [0.4, 0.5) is 8.78 Å². The zero-order chi connectivity index (χ0) is 10.7. The van der Waals surface area contributed by atoms with E-state index < -0.39 is 12.4 Å². The zero-order valence-corrected chi connectivity index (χ0v) is 7.88. The number of esters is 1. The number of halogens is 2. The molecule has 0 saturated heterocycles. The van der Waals surface area contributed by atoms with Gasteiger partial charge in [-0.25, -0.2) is 13.6 Å². The number of hydrogen-bond acceptors (Lipinski definition) is 2. The standard InChI is InChI=1S/C10H10F2O2/c1-6-7(9(11)12)4-3-5-8(6)10(13)14-2/h3-5,9H,1-2H3. The molecule has 0 amide bonds. The van der Waals surface area contributed by atoms with E-state index in [4.69, 9.17) is 0 Å². The van der Waals surface area contributed by atoms with Crippen molar-refractivity contribution in [3.05, 3.63) is 34.9 Å². The topological polar surface area (TPSA) is 26.3 Å². The summed E-state index contributed by atoms with van der Waals surface area (Å²) in [4.78, 5) is 11.1. The predicted molar refractivity (Wildman–Crippen MR) is 47.5 cm³/mol. The van der Waals surface area contributed by atoms with Crippen molar-refractivity contribution >= 4 is 5.97 Å². The number of carbonyl (C=O) groups excluding carboxylic acids is 1. The third kappa shape index (κ3) is 1.89. The highest BCUT2D eigenvalue weighted by molar-refractivity contribution is 5.91. The molecule has 0 fully saturated rings. The molecule has 76 valence electrons. The fraction of sp³-hybridized carbons (Fsp3) is 0.300. The van der Waals surface area contributed by atoms with E-state index in [1.54, 1.807) is 0 Å². The van der Waals surface area contributed by atoms with Gasteiger partial charge >= 0.3 is 5.97 Å². The van der Waals surface area contributed by atoms with Gasteiger partial charge in [-0.1, -0.05) is 12.1 Å². The molecule has 1 aromatic rings. The van der Waals surface area contributed by atoms with Crippen LogP contribution < -0.4 is 0 Å². The van der Waals surface area contributed by atoms with E-state index in [1.165, 1.54) is 32.2 Å². The number of rotatable bonds is 2. The number of carbonyl (C=O) groups is 1. The minimum Gasteiger partial charge on any atom is -0.465 e. The first-order chi connectivity index (χ1) is 6.57. The van der Waals surface area contributed by atoms with Crippen molar-refractivity contribution in [1.82, 2.24) is 0 Å². The van der Waals surface area contributed by atoms with Gasteiger partial charge in [0.2, 0.25) is 0 Å². The summed E-state index contributed by atoms with van der Waals surface area (Å²) >= 11 is 0. The van der Waals surface area contributed by atoms with Crippen molar-refractivity contribution in [3.8, 4) is 0 Å². The van der Waals surface area contributed by atoms with E-state index in [0.717, 1.165) is 0 Å². The van der Waals surface area contributed by atoms with Crippen LogP contribution >= 0.6 is 0 Å². The first-order valence-corrected chi connectivity index (χ1v) is 4.04. The number of benzene rings is 1. The van der Waals surface area contributed by atoms with Gasteiger partial charge in [0, 0.05) is 5.56 Å². The average Bonchev–Trinajstić information content (AvgIpc) is 2.16. The summed E-state index contributed by atoms with van der Waals surface area (Å²) in [6.07, 6.45) is -2.57. The molecule has 0 aromatic heterocycles. The van der Waals surface area contributed by atoms with Crippen molar-refractivity contribution in [2.45, 2.75) is 13.3 Å². The molecule has 0 saturated carbocycles. The molecule has 0 spiro atoms. The van der Waals surface area contributed by atoms with Crippen LogP contribution in [0.1, 0.15) is 27.9 Å². The van der Waals surface area contributed by atoms with E-state index in [9.17, 15) is 13.6 Å². The minimum atomic E-state index is -2.57. The van der Waals surface area contributed by atoms with Crippen molar-refractivity contribution in [1.29, 1.82) is 0 Å². The fourth-order valence-electron chi connectivity index (χ4n) is 1.22. The van der Waals surface area contributed by atoms with Gasteiger partial charge < -0.3 is 4.74 Å². The van der Waals surface area contributed by atoms with Gasteiger partial charge in [-0.05, 0) is 18.6 Å². The molecular weight excluding hydrogens is 190 g/mol. The molecule has 0 atom stereocenters. The van der Waals surface area contributed by atoms with Crippen LogP contribution in [0.3, 0.4) is 0 Å². The maximum atomic E-state index is 12.4. The second-order valence-electron chi connectivity index (χ2n) is 2.81. The molecule has 2 nitrogen and oxygen atoms in total. The molecule has 1 aromatic carbocycles. The van der Waals surface area contributed by atoms with E-state index in [1.807, 2.05) is 0 Å². The number of hydrogen-bond donors (Lipinski definition) is 0. The summed E-state index contributed by atoms with van der Waals surface area (Å²) in [6.45, 7) is 1.48. The lowest BCUT2D eigenvalue weighted by Gasteiger charge is -2.08. The molecule has 0 heterocycles. The van der Waals surface area contributed by atoms with Crippen molar-refractivity contribution < 1.29 is 18.3 Å². The summed E-state index contributed by atoms with van der Waals surface area (Å²) < 4.78 is 29.3. The van der Waals surface area contributed by atoms with Crippen LogP contribution in [0.25, 0.3) is 0 Å². The third-order valence-electron chi connectivity index (χ3n) is 2.02. The Morgan fingerprint density at radius 2 is 2.07 bits per heavy atom. The number of alkyl halides is 2. The summed E-state index contributed by atoms with van der Waals surface area (Å²) in [5.41, 5.74) is 0.326. The Morgan fingerprint density at radius 1 is 1.43 bits per heavy atom. The molecule has 0 bridgehead atoms. The normalized spacial score (nSPS) is 10.4. The zero-order valence-electron chi connectivity index (χ0n) is 7.88. The Bertz CT molecular complexity index is 348. The lowest BCUT2D eigenvalue weighted by atomic mass is 10.0. The van der Waals surface area contributed by atoms with E-state index in [2.05, 4.69) is 4.74 Å². The molecule has 0 aliphatic rings. The monoisotopic (exact) mass is 200 g/mol. The van der Waals surface area contributed by atoms with Gasteiger partial charge in [-0.2, -0.15) is 0 Å². The maximum absolute atomic E-state index is 12.4. The van der Waals surface area contributed by atoms with Gasteiger partial charge in [0.15, 0.2) is 0 Å². The quantitative estimate of drug-likeness (QED) is 0.686. The molecule has 0 aliphatic carbocycles. The SMILES string of the molecule is COC(=O)c1cccc(C(F)F)c1C. The average molecular weight is 200 g/mol. The molecule has 0 unspecified atom stereocenters. The smallest absolute Gasteiger partial charge is 0.338 e. The molecular formula is C10H10F2O2. The second-order valence-corrected chi connectivity index (χ2v) is 2.81. The third-order valence-corrected chi connectivity index (χ3v) is 2.02. The minimum absolute atomic E-state index is 0.132. The Hall–Kier alpha value is -1.45. The van der Waals surface area contributed by atoms with Gasteiger partial charge in [0.05, 0.1) is 12.7 Å². The summed E-state index contributed by atoms with van der Waals surface area (Å²) in [6, 6.07) is 4.18. The highest BCUT2D eigenvalue weighted by Crippen LogP contribution is 2.24. The highest BCUT2D eigenvalue weighted by atomic mass is 19.3. The first-order valence-electron chi connectivity index (χ1n) is 4.04. The molecule has 0 radical (unpaired) electrons. The Labute approximate surface area is 80.5 Å². The Morgan fingerprint density at radius 3 is 2.57 bits per heavy atom. The fourth-order valence-corrected chi connectivity index (χ4v) is 1.22. The summed E-state index contributed by atoms with van der Waals surface area (Å²) in [7, 11) is 1.22. The van der Waals surface area contributed by atoms with Crippen molar-refractivity contribution in [2.75, 3.05) is 7.11 Å². The maximum Gasteiger partial charge on any atom is 0.338 e. The summed E-state index contributed by atoms with van der Waals surface area (Å²) in [5, 5.41) is 0. The van der Waals surface area contributed by atoms with Gasteiger partial charge in [0.25, 0.3) is 6.43 Å². The van der Waals surface area contributed by atoms with Crippen LogP contribution in [0, 0.1) is 6.92 Å². The Kier molecular flexibility index (Phi) is 3.17. The van der Waals surface area contributed by atoms with Crippen LogP contribution in [-0.4, -0.2) is 13.1 Å². The molecule has 14 heavy (non-hydrogen) atoms. The van der Waals surface area contributed by atoms with E-state index >= 15 is 0 Å². The lowest BCUT2D eigenvalue weighted by molar-refractivity contribution is 0.0599. The Balaban J connectivity index is 3.20. The largest absolute Gasteiger partial charge is 0.465 e. The molecule has 0 aliphatic heterocycles. The highest BCUT2D eigenvalue weighted by Gasteiger charge is 2.16. The van der Waals surface area contributed by atoms with Crippen LogP contribution in [0.5, 0.6) is 0 Å². The van der Waals surface area contributed by atoms with Crippen molar-refractivity contribution in [2.24, 2.45) is 0 Å². The van der Waals surface area contributed by atoms with Crippen LogP contribution in [-0.2, 0) is 4.74 Å². The predicted octanol–water partition coefficient (Wildman–Crippen LogP) is 2.72. The molecule has 0 N–H and O–H groups in total. The number of methoxy groups -OCH3 is 1. The molecule has 4 heteroatoms. The van der Waals surface area contributed by atoms with Gasteiger partial charge in [-0.15, -0.1) is 0 Å². The molecule has 1 rings (SSSR count). The second kappa shape index (κ2) is 4.17. The summed E-state index contributed by atoms with van der Waals surface area (Å²) in [5.74, 6) is -0.593. The number of ether oxygens (including phenoxy) is 1. The van der Waals surface area contributed by atoms with Gasteiger partial charge in [0.1, 0.15) is 0 Å². The van der Waals surface area contributed by atoms with Crippen molar-refractivity contribution in [3.63, 3.8) is 0 Å². The first kappa shape index (κ1) is 10.6. The van der Waals surface area contributed by atoms with E-state index in [0.29, 0.717) is 0 Å². The van der Waals surface area contributed by atoms with Crippen LogP contribution in [0.15, 0.2) is 18.2 Å². The van der Waals surface area contributed by atoms with Gasteiger partial charge in [-0.3, -0.25) is 0 Å².